The number of aromatic nitrogens is 1. The number of hydrogen-bond acceptors (Lipinski definition) is 2. The van der Waals surface area contributed by atoms with E-state index in [4.69, 9.17) is 4.74 Å². The SMILES string of the molecule is COc1ccc(-c2[nH]c3ccc(C(F)(F)F)cc3c2C=O)cc1. The van der Waals surface area contributed by atoms with Crippen molar-refractivity contribution in [2.75, 3.05) is 7.11 Å². The quantitative estimate of drug-likeness (QED) is 0.713. The van der Waals surface area contributed by atoms with Crippen LogP contribution in [0.5, 0.6) is 5.75 Å². The van der Waals surface area contributed by atoms with Gasteiger partial charge in [-0.3, -0.25) is 4.79 Å². The second kappa shape index (κ2) is 5.46. The number of rotatable bonds is 3. The van der Waals surface area contributed by atoms with E-state index in [0.717, 1.165) is 12.1 Å². The van der Waals surface area contributed by atoms with E-state index in [-0.39, 0.29) is 10.9 Å². The summed E-state index contributed by atoms with van der Waals surface area (Å²) < 4.78 is 43.6. The third kappa shape index (κ3) is 2.67. The summed E-state index contributed by atoms with van der Waals surface area (Å²) in [5.41, 5.74) is 1.07. The van der Waals surface area contributed by atoms with Crippen LogP contribution in [0, 0.1) is 0 Å². The molecular weight excluding hydrogens is 307 g/mol. The summed E-state index contributed by atoms with van der Waals surface area (Å²) in [7, 11) is 1.54. The molecule has 0 unspecified atom stereocenters. The summed E-state index contributed by atoms with van der Waals surface area (Å²) in [5, 5.41) is 0.251. The van der Waals surface area contributed by atoms with Gasteiger partial charge in [0.15, 0.2) is 6.29 Å². The summed E-state index contributed by atoms with van der Waals surface area (Å²) in [4.78, 5) is 14.4. The Labute approximate surface area is 129 Å². The van der Waals surface area contributed by atoms with Crippen LogP contribution in [0.25, 0.3) is 22.2 Å². The highest BCUT2D eigenvalue weighted by Crippen LogP contribution is 2.35. The lowest BCUT2D eigenvalue weighted by Gasteiger charge is -2.06. The van der Waals surface area contributed by atoms with Crippen LogP contribution in [0.3, 0.4) is 0 Å². The fraction of sp³-hybridized carbons (Fsp3) is 0.118. The number of benzene rings is 2. The average Bonchev–Trinajstić information content (AvgIpc) is 2.91. The molecule has 0 bridgehead atoms. The van der Waals surface area contributed by atoms with Crippen molar-refractivity contribution in [3.05, 3.63) is 53.6 Å². The standard InChI is InChI=1S/C17H12F3NO2/c1-23-12-5-2-10(3-6-12)16-14(9-22)13-8-11(17(18,19)20)4-7-15(13)21-16/h2-9,21H,1H3. The van der Waals surface area contributed by atoms with Crippen molar-refractivity contribution in [2.45, 2.75) is 6.18 Å². The molecule has 1 aromatic heterocycles. The maximum absolute atomic E-state index is 12.9. The Balaban J connectivity index is 2.19. The number of methoxy groups -OCH3 is 1. The molecule has 2 aromatic carbocycles. The Morgan fingerprint density at radius 3 is 2.35 bits per heavy atom. The number of nitrogens with one attached hydrogen (secondary N) is 1. The van der Waals surface area contributed by atoms with E-state index in [1.165, 1.54) is 13.2 Å². The van der Waals surface area contributed by atoms with Gasteiger partial charge in [-0.2, -0.15) is 13.2 Å². The number of aldehydes is 1. The molecule has 3 rings (SSSR count). The molecule has 0 spiro atoms. The van der Waals surface area contributed by atoms with Crippen molar-refractivity contribution in [2.24, 2.45) is 0 Å². The second-order valence-electron chi connectivity index (χ2n) is 5.02. The minimum atomic E-state index is -4.45. The number of hydrogen-bond donors (Lipinski definition) is 1. The van der Waals surface area contributed by atoms with Crippen molar-refractivity contribution in [3.8, 4) is 17.0 Å². The summed E-state index contributed by atoms with van der Waals surface area (Å²) >= 11 is 0. The highest BCUT2D eigenvalue weighted by atomic mass is 19.4. The Hall–Kier alpha value is -2.76. The molecule has 0 amide bonds. The van der Waals surface area contributed by atoms with Gasteiger partial charge in [0.1, 0.15) is 5.75 Å². The van der Waals surface area contributed by atoms with Gasteiger partial charge in [-0.05, 0) is 48.0 Å². The highest BCUT2D eigenvalue weighted by Gasteiger charge is 2.31. The van der Waals surface area contributed by atoms with Gasteiger partial charge >= 0.3 is 6.18 Å². The lowest BCUT2D eigenvalue weighted by atomic mass is 10.0. The topological polar surface area (TPSA) is 42.1 Å². The van der Waals surface area contributed by atoms with E-state index in [1.807, 2.05) is 0 Å². The zero-order valence-corrected chi connectivity index (χ0v) is 12.1. The molecular formula is C17H12F3NO2. The molecule has 23 heavy (non-hydrogen) atoms. The third-order valence-electron chi connectivity index (χ3n) is 3.66. The fourth-order valence-electron chi connectivity index (χ4n) is 2.50. The summed E-state index contributed by atoms with van der Waals surface area (Å²) in [5.74, 6) is 0.650. The maximum Gasteiger partial charge on any atom is 0.416 e. The van der Waals surface area contributed by atoms with Crippen molar-refractivity contribution >= 4 is 17.2 Å². The molecule has 1 heterocycles. The van der Waals surface area contributed by atoms with Crippen LogP contribution in [-0.2, 0) is 6.18 Å². The lowest BCUT2D eigenvalue weighted by Crippen LogP contribution is -2.04. The Morgan fingerprint density at radius 1 is 1.09 bits per heavy atom. The molecule has 0 aliphatic rings. The van der Waals surface area contributed by atoms with E-state index < -0.39 is 11.7 Å². The number of alkyl halides is 3. The van der Waals surface area contributed by atoms with Gasteiger partial charge in [0.05, 0.1) is 18.4 Å². The fourth-order valence-corrected chi connectivity index (χ4v) is 2.50. The first-order valence-electron chi connectivity index (χ1n) is 6.76. The zero-order valence-electron chi connectivity index (χ0n) is 12.1. The predicted molar refractivity (Wildman–Crippen MR) is 80.7 cm³/mol. The molecule has 0 aliphatic heterocycles. The van der Waals surface area contributed by atoms with Crippen LogP contribution in [-0.4, -0.2) is 18.4 Å². The first-order valence-corrected chi connectivity index (χ1v) is 6.76. The van der Waals surface area contributed by atoms with E-state index >= 15 is 0 Å². The highest BCUT2D eigenvalue weighted by molar-refractivity contribution is 6.04. The number of ether oxygens (including phenoxy) is 1. The van der Waals surface area contributed by atoms with Crippen LogP contribution in [0.15, 0.2) is 42.5 Å². The molecule has 3 aromatic rings. The van der Waals surface area contributed by atoms with Crippen LogP contribution < -0.4 is 4.74 Å². The van der Waals surface area contributed by atoms with Gasteiger partial charge in [-0.15, -0.1) is 0 Å². The van der Waals surface area contributed by atoms with Crippen molar-refractivity contribution in [1.29, 1.82) is 0 Å². The van der Waals surface area contributed by atoms with Crippen LogP contribution in [0.1, 0.15) is 15.9 Å². The predicted octanol–water partition coefficient (Wildman–Crippen LogP) is 4.67. The molecule has 0 atom stereocenters. The van der Waals surface area contributed by atoms with Crippen LogP contribution in [0.2, 0.25) is 0 Å². The molecule has 0 fully saturated rings. The minimum Gasteiger partial charge on any atom is -0.497 e. The van der Waals surface area contributed by atoms with E-state index in [2.05, 4.69) is 4.98 Å². The third-order valence-corrected chi connectivity index (χ3v) is 3.66. The second-order valence-corrected chi connectivity index (χ2v) is 5.02. The molecule has 0 aliphatic carbocycles. The number of carbonyl (C=O) groups is 1. The normalized spacial score (nSPS) is 11.7. The summed E-state index contributed by atoms with van der Waals surface area (Å²) in [6, 6.07) is 10.2. The van der Waals surface area contributed by atoms with Crippen LogP contribution in [0.4, 0.5) is 13.2 Å². The monoisotopic (exact) mass is 319 g/mol. The number of H-pyrrole nitrogens is 1. The molecule has 0 saturated heterocycles. The van der Waals surface area contributed by atoms with Gasteiger partial charge in [-0.1, -0.05) is 0 Å². The smallest absolute Gasteiger partial charge is 0.416 e. The van der Waals surface area contributed by atoms with Crippen molar-refractivity contribution < 1.29 is 22.7 Å². The summed E-state index contributed by atoms with van der Waals surface area (Å²) in [6.07, 6.45) is -3.88. The summed E-state index contributed by atoms with van der Waals surface area (Å²) in [6.45, 7) is 0. The molecule has 0 saturated carbocycles. The van der Waals surface area contributed by atoms with Gasteiger partial charge in [-0.25, -0.2) is 0 Å². The van der Waals surface area contributed by atoms with Crippen molar-refractivity contribution in [3.63, 3.8) is 0 Å². The number of fused-ring (bicyclic) bond motifs is 1. The lowest BCUT2D eigenvalue weighted by molar-refractivity contribution is -0.137. The molecule has 3 nitrogen and oxygen atoms in total. The minimum absolute atomic E-state index is 0.205. The van der Waals surface area contributed by atoms with Gasteiger partial charge < -0.3 is 9.72 Å². The largest absolute Gasteiger partial charge is 0.497 e. The number of carbonyl (C=O) groups excluding carboxylic acids is 1. The van der Waals surface area contributed by atoms with E-state index in [1.54, 1.807) is 24.3 Å². The number of aromatic amines is 1. The van der Waals surface area contributed by atoms with E-state index in [0.29, 0.717) is 28.8 Å². The molecule has 6 heteroatoms. The molecule has 0 radical (unpaired) electrons. The first-order chi connectivity index (χ1) is 10.9. The number of halogens is 3. The Bertz CT molecular complexity index is 864. The van der Waals surface area contributed by atoms with Gasteiger partial charge in [0, 0.05) is 16.5 Å². The van der Waals surface area contributed by atoms with Crippen LogP contribution >= 0.6 is 0 Å². The zero-order chi connectivity index (χ0) is 16.6. The van der Waals surface area contributed by atoms with Gasteiger partial charge in [0.25, 0.3) is 0 Å². The van der Waals surface area contributed by atoms with Crippen molar-refractivity contribution in [1.82, 2.24) is 4.98 Å². The molecule has 1 N–H and O–H groups in total. The Kier molecular flexibility index (Phi) is 3.60. The van der Waals surface area contributed by atoms with E-state index in [9.17, 15) is 18.0 Å². The molecule has 118 valence electrons. The maximum atomic E-state index is 12.9. The average molecular weight is 319 g/mol. The van der Waals surface area contributed by atoms with Gasteiger partial charge in [0.2, 0.25) is 0 Å². The Morgan fingerprint density at radius 2 is 1.78 bits per heavy atom. The first kappa shape index (κ1) is 15.1.